The zero-order chi connectivity index (χ0) is 14.8. The molecule has 0 radical (unpaired) electrons. The average Bonchev–Trinajstić information content (AvgIpc) is 2.52. The van der Waals surface area contributed by atoms with Crippen LogP contribution in [0.2, 0.25) is 0 Å². The highest BCUT2D eigenvalue weighted by Gasteiger charge is 2.22. The van der Waals surface area contributed by atoms with Crippen LogP contribution in [-0.2, 0) is 12.8 Å². The lowest BCUT2D eigenvalue weighted by atomic mass is 9.97. The Labute approximate surface area is 124 Å². The van der Waals surface area contributed by atoms with Crippen LogP contribution in [0.3, 0.4) is 0 Å². The van der Waals surface area contributed by atoms with Gasteiger partial charge in [-0.2, -0.15) is 0 Å². The van der Waals surface area contributed by atoms with Gasteiger partial charge in [-0.25, -0.2) is 4.39 Å². The minimum atomic E-state index is -0.241. The third-order valence-corrected chi connectivity index (χ3v) is 4.27. The summed E-state index contributed by atoms with van der Waals surface area (Å²) >= 11 is 0. The molecule has 0 spiro atoms. The van der Waals surface area contributed by atoms with Crippen molar-refractivity contribution in [1.82, 2.24) is 0 Å². The summed E-state index contributed by atoms with van der Waals surface area (Å²) in [5, 5.41) is 9.89. The first-order valence-electron chi connectivity index (χ1n) is 7.46. The van der Waals surface area contributed by atoms with E-state index in [4.69, 9.17) is 0 Å². The Hall–Kier alpha value is -2.03. The molecular formula is C18H20FNO. The lowest BCUT2D eigenvalue weighted by Crippen LogP contribution is -2.32. The van der Waals surface area contributed by atoms with Crippen LogP contribution in [0.15, 0.2) is 36.4 Å². The molecule has 110 valence electrons. The number of nitrogens with zero attached hydrogens (tertiary/aromatic N) is 1. The molecule has 1 aliphatic heterocycles. The predicted molar refractivity (Wildman–Crippen MR) is 83.5 cm³/mol. The van der Waals surface area contributed by atoms with E-state index >= 15 is 0 Å². The van der Waals surface area contributed by atoms with Gasteiger partial charge in [0.05, 0.1) is 0 Å². The second-order valence-electron chi connectivity index (χ2n) is 5.66. The van der Waals surface area contributed by atoms with Gasteiger partial charge in [-0.05, 0) is 31.7 Å². The van der Waals surface area contributed by atoms with E-state index in [1.165, 1.54) is 5.56 Å². The molecule has 0 bridgehead atoms. The molecule has 0 atom stereocenters. The fraction of sp³-hybridized carbons (Fsp3) is 0.333. The maximum atomic E-state index is 14.3. The molecule has 0 aromatic heterocycles. The monoisotopic (exact) mass is 285 g/mol. The van der Waals surface area contributed by atoms with E-state index in [1.54, 1.807) is 13.0 Å². The van der Waals surface area contributed by atoms with E-state index in [2.05, 4.69) is 17.0 Å². The Kier molecular flexibility index (Phi) is 3.82. The molecule has 1 heterocycles. The highest BCUT2D eigenvalue weighted by atomic mass is 19.1. The van der Waals surface area contributed by atoms with Crippen molar-refractivity contribution in [2.75, 3.05) is 18.0 Å². The highest BCUT2D eigenvalue weighted by molar-refractivity contribution is 5.61. The second kappa shape index (κ2) is 5.76. The fourth-order valence-electron chi connectivity index (χ4n) is 3.00. The maximum absolute atomic E-state index is 14.3. The topological polar surface area (TPSA) is 23.5 Å². The zero-order valence-electron chi connectivity index (χ0n) is 12.3. The summed E-state index contributed by atoms with van der Waals surface area (Å²) in [6, 6.07) is 12.0. The molecule has 0 aliphatic carbocycles. The molecule has 0 saturated carbocycles. The van der Waals surface area contributed by atoms with E-state index < -0.39 is 0 Å². The van der Waals surface area contributed by atoms with Crippen molar-refractivity contribution in [2.24, 2.45) is 0 Å². The standard InChI is InChI=1S/C18H20FNO/c1-13-17(21)12-16-15(18(13)19)8-5-10-20(16)11-9-14-6-3-2-4-7-14/h2-4,6-7,12,21H,5,8-11H2,1H3. The molecule has 2 aromatic carbocycles. The lowest BCUT2D eigenvalue weighted by Gasteiger charge is -2.32. The lowest BCUT2D eigenvalue weighted by molar-refractivity contribution is 0.459. The van der Waals surface area contributed by atoms with E-state index in [9.17, 15) is 9.50 Å². The van der Waals surface area contributed by atoms with Crippen molar-refractivity contribution in [2.45, 2.75) is 26.2 Å². The minimum Gasteiger partial charge on any atom is -0.507 e. The van der Waals surface area contributed by atoms with E-state index in [0.29, 0.717) is 5.56 Å². The number of hydrogen-bond donors (Lipinski definition) is 1. The molecule has 2 nitrogen and oxygen atoms in total. The van der Waals surface area contributed by atoms with Gasteiger partial charge in [0.2, 0.25) is 0 Å². The number of fused-ring (bicyclic) bond motifs is 1. The van der Waals surface area contributed by atoms with Crippen LogP contribution < -0.4 is 4.90 Å². The largest absolute Gasteiger partial charge is 0.507 e. The van der Waals surface area contributed by atoms with Crippen LogP contribution in [0.1, 0.15) is 23.1 Å². The SMILES string of the molecule is Cc1c(O)cc2c(c1F)CCCN2CCc1ccccc1. The van der Waals surface area contributed by atoms with Crippen LogP contribution in [0, 0.1) is 12.7 Å². The number of rotatable bonds is 3. The molecule has 3 heteroatoms. The smallest absolute Gasteiger partial charge is 0.135 e. The van der Waals surface area contributed by atoms with Crippen LogP contribution in [-0.4, -0.2) is 18.2 Å². The average molecular weight is 285 g/mol. The fourth-order valence-corrected chi connectivity index (χ4v) is 3.00. The zero-order valence-corrected chi connectivity index (χ0v) is 12.3. The van der Waals surface area contributed by atoms with Gasteiger partial charge in [0.15, 0.2) is 0 Å². The summed E-state index contributed by atoms with van der Waals surface area (Å²) in [6.45, 7) is 3.40. The van der Waals surface area contributed by atoms with Gasteiger partial charge in [0, 0.05) is 36.0 Å². The summed E-state index contributed by atoms with van der Waals surface area (Å²) in [6.07, 6.45) is 2.64. The van der Waals surface area contributed by atoms with Crippen molar-refractivity contribution >= 4 is 5.69 Å². The van der Waals surface area contributed by atoms with Gasteiger partial charge < -0.3 is 10.0 Å². The molecule has 2 aromatic rings. The van der Waals surface area contributed by atoms with Crippen LogP contribution in [0.25, 0.3) is 0 Å². The highest BCUT2D eigenvalue weighted by Crippen LogP contribution is 2.35. The van der Waals surface area contributed by atoms with Gasteiger partial charge in [0.1, 0.15) is 11.6 Å². The molecule has 0 saturated heterocycles. The second-order valence-corrected chi connectivity index (χ2v) is 5.66. The Bertz CT molecular complexity index is 639. The Morgan fingerprint density at radius 2 is 2.00 bits per heavy atom. The Morgan fingerprint density at radius 3 is 2.76 bits per heavy atom. The first-order valence-corrected chi connectivity index (χ1v) is 7.46. The Balaban J connectivity index is 1.84. The molecule has 0 amide bonds. The summed E-state index contributed by atoms with van der Waals surface area (Å²) < 4.78 is 14.3. The normalized spacial score (nSPS) is 14.1. The van der Waals surface area contributed by atoms with Gasteiger partial charge in [-0.3, -0.25) is 0 Å². The molecule has 3 rings (SSSR count). The number of phenolic OH excluding ortho intramolecular Hbond substituents is 1. The minimum absolute atomic E-state index is 0.0536. The van der Waals surface area contributed by atoms with Crippen molar-refractivity contribution in [3.05, 3.63) is 58.9 Å². The first-order chi connectivity index (χ1) is 10.2. The third kappa shape index (κ3) is 2.73. The van der Waals surface area contributed by atoms with Crippen LogP contribution in [0.5, 0.6) is 5.75 Å². The number of hydrogen-bond acceptors (Lipinski definition) is 2. The predicted octanol–water partition coefficient (Wildman–Crippen LogP) is 3.84. The summed E-state index contributed by atoms with van der Waals surface area (Å²) in [5.41, 5.74) is 3.25. The maximum Gasteiger partial charge on any atom is 0.135 e. The Morgan fingerprint density at radius 1 is 1.24 bits per heavy atom. The van der Waals surface area contributed by atoms with Gasteiger partial charge >= 0.3 is 0 Å². The van der Waals surface area contributed by atoms with E-state index in [-0.39, 0.29) is 11.6 Å². The van der Waals surface area contributed by atoms with Crippen LogP contribution >= 0.6 is 0 Å². The quantitative estimate of drug-likeness (QED) is 0.926. The van der Waals surface area contributed by atoms with E-state index in [1.807, 2.05) is 18.2 Å². The first kappa shape index (κ1) is 13.9. The number of halogens is 1. The number of phenols is 1. The van der Waals surface area contributed by atoms with Gasteiger partial charge in [-0.1, -0.05) is 30.3 Å². The molecule has 0 fully saturated rings. The van der Waals surface area contributed by atoms with Crippen molar-refractivity contribution in [3.8, 4) is 5.75 Å². The summed E-state index contributed by atoms with van der Waals surface area (Å²) in [7, 11) is 0. The molecule has 1 aliphatic rings. The van der Waals surface area contributed by atoms with Crippen molar-refractivity contribution in [1.29, 1.82) is 0 Å². The number of benzene rings is 2. The van der Waals surface area contributed by atoms with Crippen LogP contribution in [0.4, 0.5) is 10.1 Å². The summed E-state index contributed by atoms with van der Waals surface area (Å²) in [4.78, 5) is 2.19. The summed E-state index contributed by atoms with van der Waals surface area (Å²) in [5.74, 6) is -0.188. The molecule has 0 unspecified atom stereocenters. The third-order valence-electron chi connectivity index (χ3n) is 4.27. The molecule has 1 N–H and O–H groups in total. The number of aromatic hydroxyl groups is 1. The van der Waals surface area contributed by atoms with Gasteiger partial charge in [0.25, 0.3) is 0 Å². The van der Waals surface area contributed by atoms with Crippen molar-refractivity contribution in [3.63, 3.8) is 0 Å². The molecular weight excluding hydrogens is 265 g/mol. The van der Waals surface area contributed by atoms with E-state index in [0.717, 1.165) is 43.6 Å². The van der Waals surface area contributed by atoms with Gasteiger partial charge in [-0.15, -0.1) is 0 Å². The van der Waals surface area contributed by atoms with Crippen molar-refractivity contribution < 1.29 is 9.50 Å². The number of anilines is 1. The molecule has 21 heavy (non-hydrogen) atoms.